The summed E-state index contributed by atoms with van der Waals surface area (Å²) in [5.41, 5.74) is 0.932. The van der Waals surface area contributed by atoms with E-state index in [9.17, 15) is 13.2 Å². The molecule has 1 N–H and O–H groups in total. The number of carbonyl (C=O) groups excluding carboxylic acids is 1. The first-order chi connectivity index (χ1) is 13.3. The molecule has 0 saturated carbocycles. The van der Waals surface area contributed by atoms with Crippen molar-refractivity contribution < 1.29 is 22.7 Å². The molecule has 0 aliphatic carbocycles. The minimum Gasteiger partial charge on any atom is -0.497 e. The van der Waals surface area contributed by atoms with Gasteiger partial charge in [0.15, 0.2) is 0 Å². The predicted molar refractivity (Wildman–Crippen MR) is 111 cm³/mol. The second-order valence-corrected chi connectivity index (χ2v) is 7.99. The summed E-state index contributed by atoms with van der Waals surface area (Å²) >= 11 is 0. The van der Waals surface area contributed by atoms with Crippen molar-refractivity contribution in [1.82, 2.24) is 0 Å². The highest BCUT2D eigenvalue weighted by Gasteiger charge is 2.31. The number of carbonyl (C=O) groups is 1. The summed E-state index contributed by atoms with van der Waals surface area (Å²) in [6, 6.07) is 12.6. The topological polar surface area (TPSA) is 84.9 Å². The van der Waals surface area contributed by atoms with E-state index in [2.05, 4.69) is 5.32 Å². The molecule has 0 radical (unpaired) electrons. The number of amides is 1. The molecule has 0 bridgehead atoms. The second-order valence-electron chi connectivity index (χ2n) is 6.13. The average molecular weight is 407 g/mol. The highest BCUT2D eigenvalue weighted by atomic mass is 32.2. The number of ether oxygens (including phenoxy) is 2. The molecule has 0 aliphatic heterocycles. The van der Waals surface area contributed by atoms with Gasteiger partial charge in [-0.2, -0.15) is 0 Å². The number of nitrogens with one attached hydrogen (secondary N) is 1. The average Bonchev–Trinajstić information content (AvgIpc) is 2.66. The van der Waals surface area contributed by atoms with Gasteiger partial charge in [0.2, 0.25) is 15.9 Å². The van der Waals surface area contributed by atoms with E-state index in [0.717, 1.165) is 10.6 Å². The highest BCUT2D eigenvalue weighted by Crippen LogP contribution is 2.26. The van der Waals surface area contributed by atoms with E-state index >= 15 is 0 Å². The maximum Gasteiger partial charge on any atom is 0.248 e. The molecule has 0 heterocycles. The normalized spacial score (nSPS) is 12.1. The molecule has 8 heteroatoms. The van der Waals surface area contributed by atoms with E-state index in [4.69, 9.17) is 9.47 Å². The first-order valence-electron chi connectivity index (χ1n) is 8.97. The van der Waals surface area contributed by atoms with Crippen LogP contribution in [0.2, 0.25) is 0 Å². The van der Waals surface area contributed by atoms with Crippen molar-refractivity contribution >= 4 is 27.3 Å². The Kier molecular flexibility index (Phi) is 7.28. The Morgan fingerprint density at radius 1 is 1.11 bits per heavy atom. The van der Waals surface area contributed by atoms with Gasteiger partial charge >= 0.3 is 0 Å². The molecule has 0 fully saturated rings. The zero-order valence-corrected chi connectivity index (χ0v) is 17.3. The summed E-state index contributed by atoms with van der Waals surface area (Å²) in [5.74, 6) is 0.806. The minimum absolute atomic E-state index is 0.302. The van der Waals surface area contributed by atoms with Crippen molar-refractivity contribution in [3.8, 4) is 11.5 Å². The summed E-state index contributed by atoms with van der Waals surface area (Å²) in [6.07, 6.45) is 1.39. The minimum atomic E-state index is -3.70. The van der Waals surface area contributed by atoms with Crippen LogP contribution in [0.3, 0.4) is 0 Å². The Labute approximate surface area is 166 Å². The van der Waals surface area contributed by atoms with Crippen LogP contribution in [0.4, 0.5) is 11.4 Å². The maximum atomic E-state index is 12.9. The van der Waals surface area contributed by atoms with Crippen LogP contribution in [0.25, 0.3) is 0 Å². The molecule has 1 atom stereocenters. The molecule has 0 spiro atoms. The van der Waals surface area contributed by atoms with Gasteiger partial charge < -0.3 is 14.8 Å². The van der Waals surface area contributed by atoms with Gasteiger partial charge in [-0.25, -0.2) is 8.42 Å². The van der Waals surface area contributed by atoms with E-state index in [1.807, 2.05) is 6.92 Å². The fraction of sp³-hybridized carbons (Fsp3) is 0.350. The lowest BCUT2D eigenvalue weighted by molar-refractivity contribution is -0.117. The van der Waals surface area contributed by atoms with Gasteiger partial charge in [0.1, 0.15) is 17.5 Å². The third kappa shape index (κ3) is 5.39. The van der Waals surface area contributed by atoms with Gasteiger partial charge in [-0.3, -0.25) is 9.10 Å². The second kappa shape index (κ2) is 9.45. The van der Waals surface area contributed by atoms with Crippen molar-refractivity contribution in [2.75, 3.05) is 29.6 Å². The zero-order valence-electron chi connectivity index (χ0n) is 16.5. The number of sulfonamides is 1. The molecule has 2 aromatic carbocycles. The number of rotatable bonds is 9. The number of hydrogen-bond acceptors (Lipinski definition) is 5. The Morgan fingerprint density at radius 2 is 1.79 bits per heavy atom. The quantitative estimate of drug-likeness (QED) is 0.691. The molecule has 0 aromatic heterocycles. The highest BCUT2D eigenvalue weighted by molar-refractivity contribution is 7.92. The smallest absolute Gasteiger partial charge is 0.248 e. The predicted octanol–water partition coefficient (Wildman–Crippen LogP) is 3.28. The maximum absolute atomic E-state index is 12.9. The Balaban J connectivity index is 2.32. The summed E-state index contributed by atoms with van der Waals surface area (Å²) in [5, 5.41) is 2.77. The van der Waals surface area contributed by atoms with Crippen molar-refractivity contribution in [3.05, 3.63) is 48.5 Å². The van der Waals surface area contributed by atoms with E-state index in [0.29, 0.717) is 35.9 Å². The first-order valence-corrected chi connectivity index (χ1v) is 10.8. The van der Waals surface area contributed by atoms with Gasteiger partial charge in [0, 0.05) is 11.8 Å². The molecule has 28 heavy (non-hydrogen) atoms. The summed E-state index contributed by atoms with van der Waals surface area (Å²) in [6.45, 7) is 4.14. The lowest BCUT2D eigenvalue weighted by atomic mass is 10.1. The van der Waals surface area contributed by atoms with Gasteiger partial charge in [-0.05, 0) is 49.7 Å². The van der Waals surface area contributed by atoms with Crippen LogP contribution in [0, 0.1) is 0 Å². The van der Waals surface area contributed by atoms with Crippen molar-refractivity contribution in [1.29, 1.82) is 0 Å². The Bertz CT molecular complexity index is 897. The fourth-order valence-corrected chi connectivity index (χ4v) is 4.05. The molecular formula is C20H26N2O5S. The zero-order chi connectivity index (χ0) is 20.7. The van der Waals surface area contributed by atoms with Gasteiger partial charge in [-0.1, -0.05) is 13.0 Å². The van der Waals surface area contributed by atoms with Crippen LogP contribution in [-0.2, 0) is 14.8 Å². The molecular weight excluding hydrogens is 380 g/mol. The Morgan fingerprint density at radius 3 is 2.32 bits per heavy atom. The first kappa shape index (κ1) is 21.6. The molecule has 2 aromatic rings. The third-order valence-corrected chi connectivity index (χ3v) is 5.25. The van der Waals surface area contributed by atoms with Crippen LogP contribution in [0.15, 0.2) is 48.5 Å². The van der Waals surface area contributed by atoms with Gasteiger partial charge in [0.25, 0.3) is 0 Å². The molecule has 7 nitrogen and oxygen atoms in total. The molecule has 0 aliphatic rings. The molecule has 1 unspecified atom stereocenters. The lowest BCUT2D eigenvalue weighted by Crippen LogP contribution is -2.47. The largest absolute Gasteiger partial charge is 0.497 e. The summed E-state index contributed by atoms with van der Waals surface area (Å²) < 4.78 is 36.7. The molecule has 152 valence electrons. The van der Waals surface area contributed by atoms with E-state index in [1.54, 1.807) is 55.5 Å². The van der Waals surface area contributed by atoms with Crippen LogP contribution >= 0.6 is 0 Å². The third-order valence-electron chi connectivity index (χ3n) is 4.07. The van der Waals surface area contributed by atoms with Crippen LogP contribution in [0.1, 0.15) is 20.3 Å². The SMILES string of the molecule is CCOc1ccc(N(C(CC)C(=O)Nc2cccc(OC)c2)S(C)(=O)=O)cc1. The standard InChI is InChI=1S/C20H26N2O5S/c1-5-19(20(23)21-15-8-7-9-18(14-15)26-3)22(28(4,24)25)16-10-12-17(13-11-16)27-6-2/h7-14,19H,5-6H2,1-4H3,(H,21,23). The van der Waals surface area contributed by atoms with Crippen molar-refractivity contribution in [2.45, 2.75) is 26.3 Å². The van der Waals surface area contributed by atoms with Gasteiger partial charge in [-0.15, -0.1) is 0 Å². The number of methoxy groups -OCH3 is 1. The monoisotopic (exact) mass is 406 g/mol. The lowest BCUT2D eigenvalue weighted by Gasteiger charge is -2.30. The summed E-state index contributed by atoms with van der Waals surface area (Å²) in [7, 11) is -2.16. The van der Waals surface area contributed by atoms with Crippen LogP contribution in [-0.4, -0.2) is 40.3 Å². The van der Waals surface area contributed by atoms with Crippen molar-refractivity contribution in [2.24, 2.45) is 0 Å². The van der Waals surface area contributed by atoms with Crippen molar-refractivity contribution in [3.63, 3.8) is 0 Å². The van der Waals surface area contributed by atoms with E-state index in [-0.39, 0.29) is 0 Å². The molecule has 0 saturated heterocycles. The van der Waals surface area contributed by atoms with E-state index in [1.165, 1.54) is 7.11 Å². The van der Waals surface area contributed by atoms with Gasteiger partial charge in [0.05, 0.1) is 25.7 Å². The molecule has 2 rings (SSSR count). The molecule has 1 amide bonds. The van der Waals surface area contributed by atoms with Crippen LogP contribution < -0.4 is 19.1 Å². The van der Waals surface area contributed by atoms with E-state index < -0.39 is 22.0 Å². The number of nitrogens with zero attached hydrogens (tertiary/aromatic N) is 1. The van der Waals surface area contributed by atoms with Crippen LogP contribution in [0.5, 0.6) is 11.5 Å². The fourth-order valence-electron chi connectivity index (χ4n) is 2.84. The Hall–Kier alpha value is -2.74. The number of hydrogen-bond donors (Lipinski definition) is 1. The number of benzene rings is 2. The summed E-state index contributed by atoms with van der Waals surface area (Å²) in [4.78, 5) is 12.9. The number of anilines is 2.